The minimum atomic E-state index is -1.07. The highest BCUT2D eigenvalue weighted by molar-refractivity contribution is 6.32. The lowest BCUT2D eigenvalue weighted by Crippen LogP contribution is -2.11. The van der Waals surface area contributed by atoms with Crippen molar-refractivity contribution < 1.29 is 34.1 Å². The van der Waals surface area contributed by atoms with Crippen molar-refractivity contribution in [3.05, 3.63) is 40.4 Å². The molecule has 0 aliphatic carbocycles. The van der Waals surface area contributed by atoms with Gasteiger partial charge in [-0.1, -0.05) is 11.6 Å². The molecule has 28 heavy (non-hydrogen) atoms. The van der Waals surface area contributed by atoms with Crippen LogP contribution in [0.5, 0.6) is 23.0 Å². The Morgan fingerprint density at radius 1 is 1.21 bits per heavy atom. The molecule has 0 spiro atoms. The van der Waals surface area contributed by atoms with Gasteiger partial charge in [0, 0.05) is 12.5 Å². The van der Waals surface area contributed by atoms with E-state index in [1.165, 1.54) is 45.2 Å². The summed E-state index contributed by atoms with van der Waals surface area (Å²) >= 11 is 6.26. The van der Waals surface area contributed by atoms with Crippen LogP contribution in [0.15, 0.2) is 24.3 Å². The van der Waals surface area contributed by atoms with Crippen LogP contribution in [0.3, 0.4) is 0 Å². The van der Waals surface area contributed by atoms with E-state index in [9.17, 15) is 24.6 Å². The van der Waals surface area contributed by atoms with Crippen molar-refractivity contribution >= 4 is 35.5 Å². The number of carboxylic acid groups (broad SMARTS) is 1. The number of nitrogens with one attached hydrogen (secondary N) is 1. The lowest BCUT2D eigenvalue weighted by Gasteiger charge is -2.18. The van der Waals surface area contributed by atoms with Gasteiger partial charge in [-0.3, -0.25) is 14.4 Å². The van der Waals surface area contributed by atoms with Gasteiger partial charge in [-0.2, -0.15) is 0 Å². The molecule has 8 nitrogen and oxygen atoms in total. The Morgan fingerprint density at radius 2 is 1.86 bits per heavy atom. The molecule has 148 valence electrons. The van der Waals surface area contributed by atoms with Crippen molar-refractivity contribution in [1.82, 2.24) is 0 Å². The number of benzene rings is 2. The molecule has 2 aromatic rings. The summed E-state index contributed by atoms with van der Waals surface area (Å²) < 4.78 is 10.7. The van der Waals surface area contributed by atoms with Gasteiger partial charge in [0.25, 0.3) is 0 Å². The number of aromatic hydroxyl groups is 1. The molecule has 0 fully saturated rings. The Balaban J connectivity index is 2.60. The number of amides is 1. The van der Waals surface area contributed by atoms with Crippen LogP contribution in [-0.4, -0.2) is 35.5 Å². The molecule has 1 amide bonds. The Labute approximate surface area is 165 Å². The normalized spacial score (nSPS) is 11.4. The van der Waals surface area contributed by atoms with Crippen LogP contribution in [0.25, 0.3) is 0 Å². The molecule has 0 aliphatic heterocycles. The molecule has 0 aliphatic rings. The maximum atomic E-state index is 11.6. The number of hydrogen-bond acceptors (Lipinski definition) is 6. The van der Waals surface area contributed by atoms with E-state index in [0.29, 0.717) is 11.8 Å². The smallest absolute Gasteiger partial charge is 0.310 e. The van der Waals surface area contributed by atoms with Crippen molar-refractivity contribution in [2.45, 2.75) is 19.8 Å². The van der Waals surface area contributed by atoms with E-state index >= 15 is 0 Å². The van der Waals surface area contributed by atoms with Crippen LogP contribution in [0.2, 0.25) is 5.02 Å². The average Bonchev–Trinajstić information content (AvgIpc) is 2.64. The number of carbonyl (C=O) groups excluding carboxylic acids is 2. The van der Waals surface area contributed by atoms with Crippen LogP contribution in [0.1, 0.15) is 35.7 Å². The molecule has 0 saturated heterocycles. The van der Waals surface area contributed by atoms with Gasteiger partial charge in [0.15, 0.2) is 17.2 Å². The van der Waals surface area contributed by atoms with Crippen LogP contribution in [-0.2, 0) is 9.59 Å². The third-order valence-electron chi connectivity index (χ3n) is 3.88. The van der Waals surface area contributed by atoms with Gasteiger partial charge in [-0.25, -0.2) is 0 Å². The fourth-order valence-electron chi connectivity index (χ4n) is 2.41. The quantitative estimate of drug-likeness (QED) is 0.596. The zero-order chi connectivity index (χ0) is 21.0. The van der Waals surface area contributed by atoms with E-state index in [0.717, 1.165) is 0 Å². The highest BCUT2D eigenvalue weighted by Gasteiger charge is 2.21. The summed E-state index contributed by atoms with van der Waals surface area (Å²) in [5, 5.41) is 22.0. The minimum Gasteiger partial charge on any atom is -0.502 e. The fraction of sp³-hybridized carbons (Fsp3) is 0.211. The lowest BCUT2D eigenvalue weighted by atomic mass is 10.0. The first kappa shape index (κ1) is 21.0. The topological polar surface area (TPSA) is 122 Å². The number of phenols is 1. The number of ether oxygens (including phenoxy) is 2. The minimum absolute atomic E-state index is 0.00391. The first-order valence-electron chi connectivity index (χ1n) is 8.05. The maximum absolute atomic E-state index is 11.6. The van der Waals surface area contributed by atoms with Crippen LogP contribution < -0.4 is 14.8 Å². The van der Waals surface area contributed by atoms with Crippen LogP contribution >= 0.6 is 11.6 Å². The molecule has 0 heterocycles. The van der Waals surface area contributed by atoms with Gasteiger partial charge in [-0.05, 0) is 36.8 Å². The summed E-state index contributed by atoms with van der Waals surface area (Å²) in [5.41, 5.74) is 0.632. The van der Waals surface area contributed by atoms with E-state index in [1.54, 1.807) is 0 Å². The van der Waals surface area contributed by atoms with Gasteiger partial charge < -0.3 is 25.0 Å². The van der Waals surface area contributed by atoms with Gasteiger partial charge in [0.2, 0.25) is 11.7 Å². The van der Waals surface area contributed by atoms with Crippen molar-refractivity contribution in [1.29, 1.82) is 0 Å². The van der Waals surface area contributed by atoms with Gasteiger partial charge in [-0.15, -0.1) is 0 Å². The summed E-state index contributed by atoms with van der Waals surface area (Å²) in [6.07, 6.45) is 0.544. The number of rotatable bonds is 7. The van der Waals surface area contributed by atoms with Gasteiger partial charge in [0.1, 0.15) is 6.29 Å². The van der Waals surface area contributed by atoms with Crippen LogP contribution in [0.4, 0.5) is 5.69 Å². The van der Waals surface area contributed by atoms with E-state index in [-0.39, 0.29) is 39.3 Å². The predicted octanol–water partition coefficient (Wildman–Crippen LogP) is 3.81. The molecule has 1 atom stereocenters. The van der Waals surface area contributed by atoms with Crippen molar-refractivity contribution in [3.8, 4) is 23.0 Å². The molecule has 9 heteroatoms. The number of carboxylic acids is 1. The number of anilines is 1. The molecule has 2 rings (SSSR count). The molecular formula is C19H18ClNO7. The molecule has 0 bridgehead atoms. The van der Waals surface area contributed by atoms with Crippen molar-refractivity contribution in [3.63, 3.8) is 0 Å². The number of aldehydes is 1. The molecule has 2 aromatic carbocycles. The highest BCUT2D eigenvalue weighted by Crippen LogP contribution is 2.44. The standard InChI is InChI=1S/C19H18ClNO7/c1-9(19(25)26)12-6-13(20)18(14(7-12)21-10(2)23)28-16-5-11(8-22)4-15(27-3)17(16)24/h4-9,24H,1-3H3,(H,21,23)(H,25,26). The predicted molar refractivity (Wildman–Crippen MR) is 102 cm³/mol. The first-order valence-corrected chi connectivity index (χ1v) is 8.43. The van der Waals surface area contributed by atoms with E-state index < -0.39 is 17.8 Å². The van der Waals surface area contributed by atoms with Gasteiger partial charge >= 0.3 is 5.97 Å². The van der Waals surface area contributed by atoms with Crippen molar-refractivity contribution in [2.24, 2.45) is 0 Å². The van der Waals surface area contributed by atoms with E-state index in [4.69, 9.17) is 21.1 Å². The summed E-state index contributed by atoms with van der Waals surface area (Å²) in [7, 11) is 1.31. The molecular weight excluding hydrogens is 390 g/mol. The number of halogens is 1. The molecule has 0 saturated carbocycles. The van der Waals surface area contributed by atoms with Crippen LogP contribution in [0, 0.1) is 0 Å². The number of aliphatic carboxylic acids is 1. The number of carbonyl (C=O) groups is 3. The molecule has 3 N–H and O–H groups in total. The van der Waals surface area contributed by atoms with Crippen molar-refractivity contribution in [2.75, 3.05) is 12.4 Å². The summed E-state index contributed by atoms with van der Waals surface area (Å²) in [4.78, 5) is 34.0. The number of phenolic OH excluding ortho intramolecular Hbond substituents is 1. The lowest BCUT2D eigenvalue weighted by molar-refractivity contribution is -0.138. The molecule has 0 aromatic heterocycles. The Bertz CT molecular complexity index is 942. The SMILES string of the molecule is COc1cc(C=O)cc(Oc2c(Cl)cc(C(C)C(=O)O)cc2NC(C)=O)c1O. The zero-order valence-electron chi connectivity index (χ0n) is 15.3. The Kier molecular flexibility index (Phi) is 6.48. The molecule has 1 unspecified atom stereocenters. The van der Waals surface area contributed by atoms with E-state index in [1.807, 2.05) is 0 Å². The Hall–Kier alpha value is -3.26. The largest absolute Gasteiger partial charge is 0.502 e. The fourth-order valence-corrected chi connectivity index (χ4v) is 2.67. The second kappa shape index (κ2) is 8.62. The zero-order valence-corrected chi connectivity index (χ0v) is 16.0. The summed E-state index contributed by atoms with van der Waals surface area (Å²) in [5.74, 6) is -2.92. The summed E-state index contributed by atoms with van der Waals surface area (Å²) in [6, 6.07) is 5.40. The number of hydrogen-bond donors (Lipinski definition) is 3. The summed E-state index contributed by atoms with van der Waals surface area (Å²) in [6.45, 7) is 2.73. The Morgan fingerprint density at radius 3 is 2.39 bits per heavy atom. The number of methoxy groups -OCH3 is 1. The third-order valence-corrected chi connectivity index (χ3v) is 4.16. The average molecular weight is 408 g/mol. The van der Waals surface area contributed by atoms with Gasteiger partial charge in [0.05, 0.1) is 23.7 Å². The maximum Gasteiger partial charge on any atom is 0.310 e. The van der Waals surface area contributed by atoms with E-state index in [2.05, 4.69) is 5.32 Å². The molecule has 0 radical (unpaired) electrons. The third kappa shape index (κ3) is 4.52. The first-order chi connectivity index (χ1) is 13.2. The highest BCUT2D eigenvalue weighted by atomic mass is 35.5. The second-order valence-corrected chi connectivity index (χ2v) is 6.32. The monoisotopic (exact) mass is 407 g/mol. The second-order valence-electron chi connectivity index (χ2n) is 5.91.